The summed E-state index contributed by atoms with van der Waals surface area (Å²) in [4.78, 5) is 12.0. The van der Waals surface area contributed by atoms with Crippen LogP contribution >= 0.6 is 23.1 Å². The van der Waals surface area contributed by atoms with Crippen LogP contribution in [0.2, 0.25) is 0 Å². The molecule has 0 amide bonds. The molecule has 0 saturated heterocycles. The van der Waals surface area contributed by atoms with Gasteiger partial charge in [-0.2, -0.15) is 0 Å². The Bertz CT molecular complexity index is 320. The lowest BCUT2D eigenvalue weighted by molar-refractivity contribution is 0.0789. The summed E-state index contributed by atoms with van der Waals surface area (Å²) >= 11 is 3.38. The van der Waals surface area contributed by atoms with Crippen LogP contribution < -0.4 is 0 Å². The molecule has 1 rings (SSSR count). The van der Waals surface area contributed by atoms with E-state index in [0.29, 0.717) is 6.61 Å². The zero-order chi connectivity index (χ0) is 11.3. The van der Waals surface area contributed by atoms with Crippen molar-refractivity contribution in [1.82, 2.24) is 0 Å². The Balaban J connectivity index is 2.86. The fraction of sp³-hybridized carbons (Fsp3) is 0.545. The van der Waals surface area contributed by atoms with Gasteiger partial charge in [0.1, 0.15) is 0 Å². The van der Waals surface area contributed by atoms with Gasteiger partial charge < -0.3 is 4.74 Å². The Labute approximate surface area is 99.0 Å². The van der Waals surface area contributed by atoms with Gasteiger partial charge in [-0.15, -0.1) is 23.1 Å². The SMILES string of the molecule is CCOC(C)c1cc(C=O)c(SCC)s1. The molecule has 1 atom stereocenters. The van der Waals surface area contributed by atoms with Gasteiger partial charge in [0.2, 0.25) is 0 Å². The van der Waals surface area contributed by atoms with Crippen molar-refractivity contribution < 1.29 is 9.53 Å². The summed E-state index contributed by atoms with van der Waals surface area (Å²) in [7, 11) is 0. The quantitative estimate of drug-likeness (QED) is 0.563. The Morgan fingerprint density at radius 2 is 2.33 bits per heavy atom. The van der Waals surface area contributed by atoms with Crippen LogP contribution in [0.15, 0.2) is 10.3 Å². The maximum Gasteiger partial charge on any atom is 0.152 e. The lowest BCUT2D eigenvalue weighted by Gasteiger charge is -2.07. The standard InChI is InChI=1S/C11H16O2S2/c1-4-13-8(3)10-6-9(7-12)11(15-10)14-5-2/h6-8H,4-5H2,1-3H3. The summed E-state index contributed by atoms with van der Waals surface area (Å²) in [6.07, 6.45) is 1.02. The molecule has 0 aliphatic heterocycles. The highest BCUT2D eigenvalue weighted by Gasteiger charge is 2.13. The van der Waals surface area contributed by atoms with Crippen LogP contribution in [0.5, 0.6) is 0 Å². The van der Waals surface area contributed by atoms with Gasteiger partial charge in [0, 0.05) is 17.0 Å². The molecule has 1 aromatic rings. The van der Waals surface area contributed by atoms with Gasteiger partial charge >= 0.3 is 0 Å². The average molecular weight is 244 g/mol. The van der Waals surface area contributed by atoms with E-state index in [0.717, 1.165) is 26.7 Å². The first-order valence-electron chi connectivity index (χ1n) is 5.06. The molecule has 1 heterocycles. The zero-order valence-electron chi connectivity index (χ0n) is 9.28. The summed E-state index contributed by atoms with van der Waals surface area (Å²) in [5.74, 6) is 0.990. The number of ether oxygens (including phenoxy) is 1. The van der Waals surface area contributed by atoms with Crippen molar-refractivity contribution in [3.05, 3.63) is 16.5 Å². The molecule has 0 radical (unpaired) electrons. The maximum atomic E-state index is 10.8. The van der Waals surface area contributed by atoms with Gasteiger partial charge in [-0.1, -0.05) is 6.92 Å². The maximum absolute atomic E-state index is 10.8. The van der Waals surface area contributed by atoms with Gasteiger partial charge in [0.15, 0.2) is 6.29 Å². The van der Waals surface area contributed by atoms with Crippen molar-refractivity contribution in [2.75, 3.05) is 12.4 Å². The van der Waals surface area contributed by atoms with Crippen molar-refractivity contribution in [2.24, 2.45) is 0 Å². The van der Waals surface area contributed by atoms with Crippen LogP contribution in [-0.4, -0.2) is 18.6 Å². The monoisotopic (exact) mass is 244 g/mol. The third-order valence-corrected chi connectivity index (χ3v) is 4.46. The minimum absolute atomic E-state index is 0.0879. The summed E-state index contributed by atoms with van der Waals surface area (Å²) in [5, 5.41) is 0. The highest BCUT2D eigenvalue weighted by Crippen LogP contribution is 2.35. The fourth-order valence-corrected chi connectivity index (χ4v) is 3.54. The Morgan fingerprint density at radius 1 is 1.60 bits per heavy atom. The van der Waals surface area contributed by atoms with E-state index in [1.165, 1.54) is 0 Å². The summed E-state index contributed by atoms with van der Waals surface area (Å²) in [5.41, 5.74) is 0.799. The molecule has 1 aromatic heterocycles. The molecule has 2 nitrogen and oxygen atoms in total. The van der Waals surface area contributed by atoms with Crippen molar-refractivity contribution in [2.45, 2.75) is 31.1 Å². The molecule has 0 aliphatic rings. The molecule has 0 N–H and O–H groups in total. The molecule has 4 heteroatoms. The number of thioether (sulfide) groups is 1. The molecular weight excluding hydrogens is 228 g/mol. The highest BCUT2D eigenvalue weighted by atomic mass is 32.2. The van der Waals surface area contributed by atoms with Crippen molar-refractivity contribution in [1.29, 1.82) is 0 Å². The van der Waals surface area contributed by atoms with E-state index >= 15 is 0 Å². The van der Waals surface area contributed by atoms with Crippen LogP contribution in [0.3, 0.4) is 0 Å². The van der Waals surface area contributed by atoms with E-state index in [9.17, 15) is 4.79 Å². The van der Waals surface area contributed by atoms with E-state index in [1.807, 2.05) is 19.9 Å². The van der Waals surface area contributed by atoms with Crippen LogP contribution in [0.1, 0.15) is 42.1 Å². The number of rotatable bonds is 6. The molecule has 15 heavy (non-hydrogen) atoms. The molecule has 0 aromatic carbocycles. The summed E-state index contributed by atoms with van der Waals surface area (Å²) in [6.45, 7) is 6.78. The number of aldehydes is 1. The van der Waals surface area contributed by atoms with E-state index in [1.54, 1.807) is 23.1 Å². The lowest BCUT2D eigenvalue weighted by Crippen LogP contribution is -1.96. The van der Waals surface area contributed by atoms with Gasteiger partial charge in [-0.05, 0) is 25.7 Å². The van der Waals surface area contributed by atoms with E-state index in [4.69, 9.17) is 4.74 Å². The van der Waals surface area contributed by atoms with E-state index in [2.05, 4.69) is 6.92 Å². The number of hydrogen-bond acceptors (Lipinski definition) is 4. The van der Waals surface area contributed by atoms with Crippen LogP contribution in [0.4, 0.5) is 0 Å². The molecule has 0 aliphatic carbocycles. The first kappa shape index (κ1) is 12.7. The summed E-state index contributed by atoms with van der Waals surface area (Å²) in [6, 6.07) is 1.94. The predicted octanol–water partition coefficient (Wildman–Crippen LogP) is 3.77. The van der Waals surface area contributed by atoms with Crippen LogP contribution in [0, 0.1) is 0 Å². The first-order chi connectivity index (χ1) is 7.22. The lowest BCUT2D eigenvalue weighted by atomic mass is 10.3. The van der Waals surface area contributed by atoms with Gasteiger partial charge in [-0.3, -0.25) is 4.79 Å². The normalized spacial score (nSPS) is 12.7. The van der Waals surface area contributed by atoms with Gasteiger partial charge in [0.25, 0.3) is 0 Å². The number of thiophene rings is 1. The third kappa shape index (κ3) is 3.33. The van der Waals surface area contributed by atoms with Crippen molar-refractivity contribution in [3.8, 4) is 0 Å². The van der Waals surface area contributed by atoms with E-state index < -0.39 is 0 Å². The molecule has 0 spiro atoms. The minimum atomic E-state index is 0.0879. The Hall–Kier alpha value is -0.320. The third-order valence-electron chi connectivity index (χ3n) is 1.96. The van der Waals surface area contributed by atoms with Crippen LogP contribution in [0.25, 0.3) is 0 Å². The average Bonchev–Trinajstić information content (AvgIpc) is 2.62. The van der Waals surface area contributed by atoms with Crippen molar-refractivity contribution in [3.63, 3.8) is 0 Å². The number of hydrogen-bond donors (Lipinski definition) is 0. The second-order valence-electron chi connectivity index (χ2n) is 3.04. The number of carbonyl (C=O) groups is 1. The molecule has 84 valence electrons. The molecule has 0 fully saturated rings. The minimum Gasteiger partial charge on any atom is -0.373 e. The smallest absolute Gasteiger partial charge is 0.152 e. The number of carbonyl (C=O) groups excluding carboxylic acids is 1. The fourth-order valence-electron chi connectivity index (χ4n) is 1.27. The largest absolute Gasteiger partial charge is 0.373 e. The molecular formula is C11H16O2S2. The van der Waals surface area contributed by atoms with E-state index in [-0.39, 0.29) is 6.10 Å². The molecule has 0 bridgehead atoms. The molecule has 1 unspecified atom stereocenters. The predicted molar refractivity (Wildman–Crippen MR) is 66.1 cm³/mol. The second kappa shape index (κ2) is 6.30. The van der Waals surface area contributed by atoms with Crippen LogP contribution in [-0.2, 0) is 4.74 Å². The summed E-state index contributed by atoms with van der Waals surface area (Å²) < 4.78 is 6.61. The highest BCUT2D eigenvalue weighted by molar-refractivity contribution is 8.01. The van der Waals surface area contributed by atoms with Crippen molar-refractivity contribution >= 4 is 29.4 Å². The Morgan fingerprint density at radius 3 is 2.87 bits per heavy atom. The second-order valence-corrected chi connectivity index (χ2v) is 5.66. The zero-order valence-corrected chi connectivity index (χ0v) is 10.9. The topological polar surface area (TPSA) is 26.3 Å². The van der Waals surface area contributed by atoms with Gasteiger partial charge in [-0.25, -0.2) is 0 Å². The first-order valence-corrected chi connectivity index (χ1v) is 6.86. The van der Waals surface area contributed by atoms with Gasteiger partial charge in [0.05, 0.1) is 10.3 Å². The molecule has 0 saturated carbocycles. The Kier molecular flexibility index (Phi) is 5.36.